The van der Waals surface area contributed by atoms with E-state index in [1.165, 1.54) is 6.92 Å². The van der Waals surface area contributed by atoms with E-state index in [1.807, 2.05) is 13.0 Å². The summed E-state index contributed by atoms with van der Waals surface area (Å²) in [6.45, 7) is 3.33. The summed E-state index contributed by atoms with van der Waals surface area (Å²) in [6.07, 6.45) is 0. The number of nitrogens with zero attached hydrogens (tertiary/aromatic N) is 2. The SMILES string of the molecule is CC(=O)NNc1cc(C)nn1C. The Bertz CT molecular complexity index is 292. The molecular weight excluding hydrogens is 156 g/mol. The number of hydrogen-bond donors (Lipinski definition) is 2. The number of carbonyl (C=O) groups is 1. The van der Waals surface area contributed by atoms with Gasteiger partial charge in [-0.15, -0.1) is 0 Å². The lowest BCUT2D eigenvalue weighted by Crippen LogP contribution is -2.27. The molecule has 5 nitrogen and oxygen atoms in total. The van der Waals surface area contributed by atoms with Crippen LogP contribution >= 0.6 is 0 Å². The Labute approximate surface area is 70.7 Å². The molecule has 0 bridgehead atoms. The second-order valence-electron chi connectivity index (χ2n) is 2.60. The van der Waals surface area contributed by atoms with Gasteiger partial charge in [0, 0.05) is 20.0 Å². The molecule has 0 saturated heterocycles. The van der Waals surface area contributed by atoms with Gasteiger partial charge in [0.25, 0.3) is 0 Å². The summed E-state index contributed by atoms with van der Waals surface area (Å²) in [7, 11) is 1.80. The molecule has 12 heavy (non-hydrogen) atoms. The van der Waals surface area contributed by atoms with Gasteiger partial charge in [-0.25, -0.2) is 0 Å². The van der Waals surface area contributed by atoms with Crippen LogP contribution in [0.4, 0.5) is 5.82 Å². The third kappa shape index (κ3) is 1.98. The first-order valence-electron chi connectivity index (χ1n) is 3.63. The summed E-state index contributed by atoms with van der Waals surface area (Å²) < 4.78 is 1.66. The summed E-state index contributed by atoms with van der Waals surface area (Å²) in [5.74, 6) is 0.636. The summed E-state index contributed by atoms with van der Waals surface area (Å²) in [6, 6.07) is 1.84. The number of aryl methyl sites for hydroxylation is 2. The quantitative estimate of drug-likeness (QED) is 0.620. The molecule has 0 aliphatic carbocycles. The van der Waals surface area contributed by atoms with Crippen LogP contribution < -0.4 is 10.9 Å². The zero-order chi connectivity index (χ0) is 9.14. The molecule has 5 heteroatoms. The minimum atomic E-state index is -0.131. The van der Waals surface area contributed by atoms with Gasteiger partial charge in [0.1, 0.15) is 5.82 Å². The molecule has 0 spiro atoms. The molecule has 1 rings (SSSR count). The van der Waals surface area contributed by atoms with Crippen molar-refractivity contribution in [2.24, 2.45) is 7.05 Å². The first-order valence-corrected chi connectivity index (χ1v) is 3.63. The normalized spacial score (nSPS) is 9.58. The van der Waals surface area contributed by atoms with E-state index in [4.69, 9.17) is 0 Å². The van der Waals surface area contributed by atoms with E-state index < -0.39 is 0 Å². The summed E-state index contributed by atoms with van der Waals surface area (Å²) >= 11 is 0. The smallest absolute Gasteiger partial charge is 0.235 e. The maximum Gasteiger partial charge on any atom is 0.235 e. The van der Waals surface area contributed by atoms with Crippen molar-refractivity contribution in [1.82, 2.24) is 15.2 Å². The number of anilines is 1. The second-order valence-corrected chi connectivity index (χ2v) is 2.60. The van der Waals surface area contributed by atoms with Crippen molar-refractivity contribution in [3.05, 3.63) is 11.8 Å². The summed E-state index contributed by atoms with van der Waals surface area (Å²) in [5.41, 5.74) is 6.11. The maximum absolute atomic E-state index is 10.5. The fraction of sp³-hybridized carbons (Fsp3) is 0.429. The molecule has 0 atom stereocenters. The highest BCUT2D eigenvalue weighted by Gasteiger charge is 1.99. The van der Waals surface area contributed by atoms with E-state index in [-0.39, 0.29) is 5.91 Å². The van der Waals surface area contributed by atoms with Gasteiger partial charge in [-0.1, -0.05) is 0 Å². The van der Waals surface area contributed by atoms with E-state index in [2.05, 4.69) is 16.0 Å². The number of hydrazine groups is 1. The highest BCUT2D eigenvalue weighted by molar-refractivity contribution is 5.74. The Hall–Kier alpha value is -1.52. The molecule has 0 aromatic carbocycles. The zero-order valence-corrected chi connectivity index (χ0v) is 7.38. The molecule has 1 heterocycles. The van der Waals surface area contributed by atoms with Gasteiger partial charge < -0.3 is 0 Å². The Morgan fingerprint density at radius 3 is 2.75 bits per heavy atom. The van der Waals surface area contributed by atoms with Crippen LogP contribution in [0.15, 0.2) is 6.07 Å². The highest BCUT2D eigenvalue weighted by atomic mass is 16.2. The van der Waals surface area contributed by atoms with Gasteiger partial charge in [-0.2, -0.15) is 5.10 Å². The molecule has 0 fully saturated rings. The van der Waals surface area contributed by atoms with Crippen molar-refractivity contribution in [3.63, 3.8) is 0 Å². The van der Waals surface area contributed by atoms with Crippen LogP contribution in [0.25, 0.3) is 0 Å². The third-order valence-corrected chi connectivity index (χ3v) is 1.37. The van der Waals surface area contributed by atoms with Crippen LogP contribution in [0, 0.1) is 6.92 Å². The topological polar surface area (TPSA) is 59.0 Å². The number of carbonyl (C=O) groups excluding carboxylic acids is 1. The third-order valence-electron chi connectivity index (χ3n) is 1.37. The molecule has 2 N–H and O–H groups in total. The Morgan fingerprint density at radius 1 is 1.67 bits per heavy atom. The van der Waals surface area contributed by atoms with E-state index >= 15 is 0 Å². The van der Waals surface area contributed by atoms with Gasteiger partial charge in [0.05, 0.1) is 5.69 Å². The minimum absolute atomic E-state index is 0.131. The molecule has 0 radical (unpaired) electrons. The first-order chi connectivity index (χ1) is 5.59. The van der Waals surface area contributed by atoms with Crippen molar-refractivity contribution in [2.75, 3.05) is 5.43 Å². The maximum atomic E-state index is 10.5. The van der Waals surface area contributed by atoms with Gasteiger partial charge in [-0.05, 0) is 6.92 Å². The summed E-state index contributed by atoms with van der Waals surface area (Å²) in [5, 5.41) is 4.09. The molecule has 0 aliphatic heterocycles. The van der Waals surface area contributed by atoms with Crippen molar-refractivity contribution < 1.29 is 4.79 Å². The number of hydrogen-bond acceptors (Lipinski definition) is 3. The van der Waals surface area contributed by atoms with Gasteiger partial charge in [0.2, 0.25) is 5.91 Å². The largest absolute Gasteiger partial charge is 0.282 e. The molecule has 0 unspecified atom stereocenters. The van der Waals surface area contributed by atoms with Crippen molar-refractivity contribution in [3.8, 4) is 0 Å². The highest BCUT2D eigenvalue weighted by Crippen LogP contribution is 2.05. The monoisotopic (exact) mass is 168 g/mol. The van der Waals surface area contributed by atoms with Crippen molar-refractivity contribution in [2.45, 2.75) is 13.8 Å². The lowest BCUT2D eigenvalue weighted by Gasteiger charge is -2.04. The number of rotatable bonds is 2. The molecular formula is C7H12N4O. The summed E-state index contributed by atoms with van der Waals surface area (Å²) in [4.78, 5) is 10.5. The second kappa shape index (κ2) is 3.25. The predicted octanol–water partition coefficient (Wildman–Crippen LogP) is 0.192. The van der Waals surface area contributed by atoms with Crippen LogP contribution in [0.5, 0.6) is 0 Å². The lowest BCUT2D eigenvalue weighted by atomic mass is 10.5. The van der Waals surface area contributed by atoms with Crippen LogP contribution in [-0.2, 0) is 11.8 Å². The van der Waals surface area contributed by atoms with Crippen LogP contribution in [0.3, 0.4) is 0 Å². The van der Waals surface area contributed by atoms with Gasteiger partial charge >= 0.3 is 0 Å². The number of nitrogens with one attached hydrogen (secondary N) is 2. The van der Waals surface area contributed by atoms with Gasteiger partial charge in [0.15, 0.2) is 0 Å². The molecule has 1 amide bonds. The predicted molar refractivity (Wildman–Crippen MR) is 45.4 cm³/mol. The molecule has 66 valence electrons. The lowest BCUT2D eigenvalue weighted by molar-refractivity contribution is -0.118. The van der Waals surface area contributed by atoms with Crippen LogP contribution in [-0.4, -0.2) is 15.7 Å². The number of amides is 1. The minimum Gasteiger partial charge on any atom is -0.282 e. The fourth-order valence-electron chi connectivity index (χ4n) is 0.880. The molecule has 0 saturated carbocycles. The van der Waals surface area contributed by atoms with Crippen molar-refractivity contribution >= 4 is 11.7 Å². The molecule has 1 aromatic rings. The van der Waals surface area contributed by atoms with E-state index in [9.17, 15) is 4.79 Å². The van der Waals surface area contributed by atoms with E-state index in [0.717, 1.165) is 11.5 Å². The van der Waals surface area contributed by atoms with Crippen molar-refractivity contribution in [1.29, 1.82) is 0 Å². The zero-order valence-electron chi connectivity index (χ0n) is 7.38. The standard InChI is InChI=1S/C7H12N4O/c1-5-4-7(11(3)10-5)9-8-6(2)12/h4,9H,1-3H3,(H,8,12). The van der Waals surface area contributed by atoms with E-state index in [0.29, 0.717) is 0 Å². The Morgan fingerprint density at radius 2 is 2.33 bits per heavy atom. The van der Waals surface area contributed by atoms with E-state index in [1.54, 1.807) is 11.7 Å². The van der Waals surface area contributed by atoms with Gasteiger partial charge in [-0.3, -0.25) is 20.3 Å². The first kappa shape index (κ1) is 8.58. The Kier molecular flexibility index (Phi) is 2.32. The average molecular weight is 168 g/mol. The van der Waals surface area contributed by atoms with Crippen LogP contribution in [0.1, 0.15) is 12.6 Å². The number of aromatic nitrogens is 2. The average Bonchev–Trinajstić information content (AvgIpc) is 2.26. The fourth-order valence-corrected chi connectivity index (χ4v) is 0.880. The molecule has 0 aliphatic rings. The van der Waals surface area contributed by atoms with Crippen LogP contribution in [0.2, 0.25) is 0 Å². The molecule has 1 aromatic heterocycles. The Balaban J connectivity index is 2.62.